The van der Waals surface area contributed by atoms with Gasteiger partial charge in [-0.05, 0) is 30.3 Å². The van der Waals surface area contributed by atoms with Crippen molar-refractivity contribution in [2.45, 2.75) is 0 Å². The first-order valence-electron chi connectivity index (χ1n) is 8.50. The number of hydrogen-bond donors (Lipinski definition) is 1. The van der Waals surface area contributed by atoms with E-state index in [1.54, 1.807) is 6.07 Å². The number of hydrogen-bond acceptors (Lipinski definition) is 7. The summed E-state index contributed by atoms with van der Waals surface area (Å²) in [6.45, 7) is 2.94. The predicted octanol–water partition coefficient (Wildman–Crippen LogP) is 3.95. The Morgan fingerprint density at radius 1 is 1.25 bits per heavy atom. The molecule has 10 heteroatoms. The largest absolute Gasteiger partial charge is 0.378 e. The minimum absolute atomic E-state index is 0.0871. The van der Waals surface area contributed by atoms with Gasteiger partial charge in [-0.25, -0.2) is 4.98 Å². The van der Waals surface area contributed by atoms with Gasteiger partial charge in [0.2, 0.25) is 0 Å². The molecule has 2 aromatic carbocycles. The highest BCUT2D eigenvalue weighted by Crippen LogP contribution is 2.31. The second-order valence-corrected chi connectivity index (χ2v) is 7.60. The molecule has 1 fully saturated rings. The number of carbonyl (C=O) groups is 1. The molecule has 0 spiro atoms. The van der Waals surface area contributed by atoms with Crippen LogP contribution in [0, 0.1) is 10.1 Å². The van der Waals surface area contributed by atoms with Crippen molar-refractivity contribution in [1.29, 1.82) is 0 Å². The molecule has 0 unspecified atom stereocenters. The number of rotatable bonds is 4. The number of nitro groups is 1. The molecule has 0 bridgehead atoms. The van der Waals surface area contributed by atoms with Crippen molar-refractivity contribution in [3.8, 4) is 0 Å². The van der Waals surface area contributed by atoms with Crippen LogP contribution in [0.4, 0.5) is 16.5 Å². The first kappa shape index (κ1) is 18.6. The first-order chi connectivity index (χ1) is 13.5. The predicted molar refractivity (Wildman–Crippen MR) is 109 cm³/mol. The quantitative estimate of drug-likeness (QED) is 0.509. The Morgan fingerprint density at radius 2 is 2.04 bits per heavy atom. The Morgan fingerprint density at radius 3 is 2.79 bits per heavy atom. The molecular formula is C18H15ClN4O4S. The zero-order chi connectivity index (χ0) is 19.7. The zero-order valence-electron chi connectivity index (χ0n) is 14.6. The van der Waals surface area contributed by atoms with E-state index in [9.17, 15) is 14.9 Å². The van der Waals surface area contributed by atoms with Crippen molar-refractivity contribution in [2.75, 3.05) is 36.5 Å². The number of nitrogens with one attached hydrogen (secondary N) is 1. The highest BCUT2D eigenvalue weighted by atomic mass is 35.5. The van der Waals surface area contributed by atoms with Gasteiger partial charge in [0.05, 0.1) is 28.4 Å². The second kappa shape index (κ2) is 7.70. The van der Waals surface area contributed by atoms with Crippen LogP contribution in [0.2, 0.25) is 5.02 Å². The number of ether oxygens (including phenoxy) is 1. The number of nitrogens with zero attached hydrogens (tertiary/aromatic N) is 3. The molecule has 0 aliphatic carbocycles. The topological polar surface area (TPSA) is 97.6 Å². The Bertz CT molecular complexity index is 1060. The maximum atomic E-state index is 12.6. The third kappa shape index (κ3) is 3.77. The standard InChI is InChI=1S/C18H15ClN4O4S/c19-11-1-4-15(23(25)26)13(9-11)17(24)20-12-2-3-14-16(10-12)28-18(21-14)22-5-7-27-8-6-22/h1-4,9-10H,5-8H2,(H,20,24). The number of fused-ring (bicyclic) bond motifs is 1. The molecule has 4 rings (SSSR count). The summed E-state index contributed by atoms with van der Waals surface area (Å²) in [6, 6.07) is 9.24. The van der Waals surface area contributed by atoms with Gasteiger partial charge >= 0.3 is 0 Å². The summed E-state index contributed by atoms with van der Waals surface area (Å²) in [7, 11) is 0. The molecule has 28 heavy (non-hydrogen) atoms. The van der Waals surface area contributed by atoms with Crippen molar-refractivity contribution in [2.24, 2.45) is 0 Å². The molecule has 1 aromatic heterocycles. The molecule has 8 nitrogen and oxygen atoms in total. The van der Waals surface area contributed by atoms with E-state index in [1.807, 2.05) is 12.1 Å². The van der Waals surface area contributed by atoms with Gasteiger partial charge in [-0.2, -0.15) is 0 Å². The molecular weight excluding hydrogens is 404 g/mol. The molecule has 144 valence electrons. The fourth-order valence-electron chi connectivity index (χ4n) is 2.93. The maximum absolute atomic E-state index is 12.6. The van der Waals surface area contributed by atoms with Crippen molar-refractivity contribution >= 4 is 55.6 Å². The fourth-order valence-corrected chi connectivity index (χ4v) is 4.16. The van der Waals surface area contributed by atoms with E-state index < -0.39 is 10.8 Å². The average Bonchev–Trinajstić information content (AvgIpc) is 3.11. The Labute approximate surface area is 168 Å². The fraction of sp³-hybridized carbons (Fsp3) is 0.222. The summed E-state index contributed by atoms with van der Waals surface area (Å²) in [5.41, 5.74) is 0.980. The van der Waals surface area contributed by atoms with Crippen molar-refractivity contribution in [3.05, 3.63) is 57.1 Å². The van der Waals surface area contributed by atoms with Crippen LogP contribution in [0.15, 0.2) is 36.4 Å². The second-order valence-electron chi connectivity index (χ2n) is 6.15. The Kier molecular flexibility index (Phi) is 5.12. The normalized spacial score (nSPS) is 14.2. The molecule has 0 saturated carbocycles. The lowest BCUT2D eigenvalue weighted by Gasteiger charge is -2.25. The van der Waals surface area contributed by atoms with Crippen LogP contribution in [-0.4, -0.2) is 42.1 Å². The van der Waals surface area contributed by atoms with Crippen LogP contribution < -0.4 is 10.2 Å². The number of carbonyl (C=O) groups excluding carboxylic acids is 1. The van der Waals surface area contributed by atoms with Gasteiger partial charge in [-0.15, -0.1) is 0 Å². The van der Waals surface area contributed by atoms with Gasteiger partial charge in [0, 0.05) is 29.9 Å². The molecule has 0 radical (unpaired) electrons. The highest BCUT2D eigenvalue weighted by molar-refractivity contribution is 7.22. The van der Waals surface area contributed by atoms with Crippen molar-refractivity contribution in [3.63, 3.8) is 0 Å². The minimum Gasteiger partial charge on any atom is -0.378 e. The van der Waals surface area contributed by atoms with Crippen LogP contribution >= 0.6 is 22.9 Å². The summed E-state index contributed by atoms with van der Waals surface area (Å²) in [4.78, 5) is 29.9. The average molecular weight is 419 g/mol. The summed E-state index contributed by atoms with van der Waals surface area (Å²) < 4.78 is 6.28. The number of halogens is 1. The molecule has 1 amide bonds. The van der Waals surface area contributed by atoms with E-state index in [4.69, 9.17) is 16.3 Å². The monoisotopic (exact) mass is 418 g/mol. The van der Waals surface area contributed by atoms with Gasteiger partial charge in [0.15, 0.2) is 5.13 Å². The van der Waals surface area contributed by atoms with E-state index in [-0.39, 0.29) is 16.3 Å². The zero-order valence-corrected chi connectivity index (χ0v) is 16.1. The van der Waals surface area contributed by atoms with E-state index in [2.05, 4.69) is 15.2 Å². The summed E-state index contributed by atoms with van der Waals surface area (Å²) in [5.74, 6) is -0.591. The Balaban J connectivity index is 1.59. The van der Waals surface area contributed by atoms with Gasteiger partial charge in [0.25, 0.3) is 11.6 Å². The smallest absolute Gasteiger partial charge is 0.282 e. The third-order valence-corrected chi connectivity index (χ3v) is 5.63. The number of thiazole rings is 1. The van der Waals surface area contributed by atoms with Crippen LogP contribution in [0.25, 0.3) is 10.2 Å². The van der Waals surface area contributed by atoms with Gasteiger partial charge in [-0.3, -0.25) is 14.9 Å². The van der Waals surface area contributed by atoms with Gasteiger partial charge < -0.3 is 15.0 Å². The number of morpholine rings is 1. The van der Waals surface area contributed by atoms with Crippen molar-refractivity contribution < 1.29 is 14.5 Å². The molecule has 1 saturated heterocycles. The summed E-state index contributed by atoms with van der Waals surface area (Å²) in [6.07, 6.45) is 0. The molecule has 0 atom stereocenters. The summed E-state index contributed by atoms with van der Waals surface area (Å²) in [5, 5.41) is 15.0. The maximum Gasteiger partial charge on any atom is 0.282 e. The number of amides is 1. The summed E-state index contributed by atoms with van der Waals surface area (Å²) >= 11 is 7.43. The van der Waals surface area contributed by atoms with Gasteiger partial charge in [0.1, 0.15) is 5.56 Å². The molecule has 1 aliphatic rings. The Hall–Kier alpha value is -2.75. The number of anilines is 2. The number of aromatic nitrogens is 1. The first-order valence-corrected chi connectivity index (χ1v) is 9.69. The molecule has 1 aliphatic heterocycles. The van der Waals surface area contributed by atoms with E-state index in [1.165, 1.54) is 29.5 Å². The molecule has 1 N–H and O–H groups in total. The lowest BCUT2D eigenvalue weighted by molar-refractivity contribution is -0.385. The van der Waals surface area contributed by atoms with Crippen LogP contribution in [0.1, 0.15) is 10.4 Å². The van der Waals surface area contributed by atoms with Gasteiger partial charge in [-0.1, -0.05) is 22.9 Å². The van der Waals surface area contributed by atoms with Crippen LogP contribution in [0.5, 0.6) is 0 Å². The SMILES string of the molecule is O=C(Nc1ccc2nc(N3CCOCC3)sc2c1)c1cc(Cl)ccc1[N+](=O)[O-]. The van der Waals surface area contributed by atoms with E-state index in [0.717, 1.165) is 28.4 Å². The number of benzene rings is 2. The van der Waals surface area contributed by atoms with E-state index >= 15 is 0 Å². The highest BCUT2D eigenvalue weighted by Gasteiger charge is 2.21. The van der Waals surface area contributed by atoms with Crippen molar-refractivity contribution in [1.82, 2.24) is 4.98 Å². The van der Waals surface area contributed by atoms with Crippen LogP contribution in [-0.2, 0) is 4.74 Å². The number of nitro benzene ring substituents is 1. The minimum atomic E-state index is -0.605. The molecule has 2 heterocycles. The lowest BCUT2D eigenvalue weighted by Crippen LogP contribution is -2.36. The van der Waals surface area contributed by atoms with Crippen LogP contribution in [0.3, 0.4) is 0 Å². The lowest BCUT2D eigenvalue weighted by atomic mass is 10.1. The molecule has 3 aromatic rings. The third-order valence-electron chi connectivity index (χ3n) is 4.32. The van der Waals surface area contributed by atoms with E-state index in [0.29, 0.717) is 18.9 Å².